The zero-order valence-corrected chi connectivity index (χ0v) is 21.8. The molecule has 7 nitrogen and oxygen atoms in total. The number of pyridine rings is 1. The SMILES string of the molecule is [B]S(=O)(=O)c1cccc(-c2ccc(-c3cc(C(=O)N(C)c4ccncc4)nn3-c3ccccc3Cl)s2)c1. The zero-order valence-electron chi connectivity index (χ0n) is 19.4. The molecule has 1 amide bonds. The lowest BCUT2D eigenvalue weighted by Gasteiger charge is -2.15. The van der Waals surface area contributed by atoms with E-state index in [1.54, 1.807) is 54.5 Å². The van der Waals surface area contributed by atoms with Crippen LogP contribution in [0, 0.1) is 0 Å². The summed E-state index contributed by atoms with van der Waals surface area (Å²) in [7, 11) is 3.15. The quantitative estimate of drug-likeness (QED) is 0.265. The molecule has 0 saturated heterocycles. The maximum Gasteiger partial charge on any atom is 0.278 e. The minimum absolute atomic E-state index is 0.0353. The number of anilines is 1. The molecule has 0 spiro atoms. The number of halogens is 1. The van der Waals surface area contributed by atoms with Gasteiger partial charge in [0.15, 0.2) is 5.69 Å². The molecular formula is C26H18BClN4O3S2. The first-order valence-electron chi connectivity index (χ1n) is 11.0. The molecule has 2 radical (unpaired) electrons. The van der Waals surface area contributed by atoms with Gasteiger partial charge in [0.25, 0.3) is 13.0 Å². The molecule has 0 aliphatic heterocycles. The van der Waals surface area contributed by atoms with Gasteiger partial charge in [-0.2, -0.15) is 5.10 Å². The van der Waals surface area contributed by atoms with Crippen molar-refractivity contribution in [3.05, 3.63) is 102 Å². The molecular weight excluding hydrogens is 527 g/mol. The van der Waals surface area contributed by atoms with Crippen molar-refractivity contribution in [2.75, 3.05) is 11.9 Å². The van der Waals surface area contributed by atoms with Crippen molar-refractivity contribution in [3.8, 4) is 26.7 Å². The third-order valence-electron chi connectivity index (χ3n) is 5.67. The third kappa shape index (κ3) is 5.08. The smallest absolute Gasteiger partial charge is 0.278 e. The van der Waals surface area contributed by atoms with Crippen molar-refractivity contribution in [2.24, 2.45) is 0 Å². The van der Waals surface area contributed by atoms with E-state index in [9.17, 15) is 13.2 Å². The van der Waals surface area contributed by atoms with E-state index in [0.29, 0.717) is 27.7 Å². The predicted octanol–water partition coefficient (Wildman–Crippen LogP) is 5.45. The molecule has 0 aliphatic carbocycles. The number of aromatic nitrogens is 3. The summed E-state index contributed by atoms with van der Waals surface area (Å²) < 4.78 is 25.3. The Hall–Kier alpha value is -3.73. The fraction of sp³-hybridized carbons (Fsp3) is 0.0385. The predicted molar refractivity (Wildman–Crippen MR) is 147 cm³/mol. The Labute approximate surface area is 224 Å². The molecule has 0 aliphatic rings. The zero-order chi connectivity index (χ0) is 26.2. The number of para-hydroxylation sites is 1. The molecule has 0 unspecified atom stereocenters. The molecule has 3 heterocycles. The first-order valence-corrected chi connectivity index (χ1v) is 13.7. The highest BCUT2D eigenvalue weighted by Gasteiger charge is 2.22. The Morgan fingerprint density at radius 1 is 0.973 bits per heavy atom. The highest BCUT2D eigenvalue weighted by Crippen LogP contribution is 2.37. The van der Waals surface area contributed by atoms with Crippen molar-refractivity contribution >= 4 is 51.3 Å². The fourth-order valence-electron chi connectivity index (χ4n) is 3.78. The molecule has 0 bridgehead atoms. The molecule has 0 saturated carbocycles. The summed E-state index contributed by atoms with van der Waals surface area (Å²) in [6, 6.07) is 22.7. The van der Waals surface area contributed by atoms with Crippen LogP contribution < -0.4 is 4.90 Å². The number of hydrogen-bond donors (Lipinski definition) is 0. The van der Waals surface area contributed by atoms with Gasteiger partial charge in [0.1, 0.15) is 9.69 Å². The van der Waals surface area contributed by atoms with Crippen LogP contribution >= 0.6 is 22.9 Å². The van der Waals surface area contributed by atoms with Crippen LogP contribution in [-0.4, -0.2) is 43.3 Å². The van der Waals surface area contributed by atoms with Gasteiger partial charge in [-0.3, -0.25) is 9.78 Å². The second-order valence-corrected chi connectivity index (χ2v) is 11.1. The highest BCUT2D eigenvalue weighted by atomic mass is 35.5. The highest BCUT2D eigenvalue weighted by molar-refractivity contribution is 8.12. The molecule has 2 aromatic carbocycles. The van der Waals surface area contributed by atoms with Gasteiger partial charge in [0.2, 0.25) is 0 Å². The molecule has 3 aromatic heterocycles. The number of hydrogen-bond acceptors (Lipinski definition) is 6. The molecule has 37 heavy (non-hydrogen) atoms. The Balaban J connectivity index is 1.59. The monoisotopic (exact) mass is 544 g/mol. The van der Waals surface area contributed by atoms with E-state index < -0.39 is 9.69 Å². The number of thiophene rings is 1. The molecule has 0 atom stereocenters. The van der Waals surface area contributed by atoms with E-state index in [2.05, 4.69) is 10.1 Å². The van der Waals surface area contributed by atoms with Crippen LogP contribution in [-0.2, 0) is 9.69 Å². The van der Waals surface area contributed by atoms with Gasteiger partial charge in [-0.05, 0) is 60.2 Å². The summed E-state index contributed by atoms with van der Waals surface area (Å²) in [5.41, 5.74) is 2.91. The summed E-state index contributed by atoms with van der Waals surface area (Å²) in [6.45, 7) is 0. The lowest BCUT2D eigenvalue weighted by molar-refractivity contribution is 0.0988. The second-order valence-electron chi connectivity index (χ2n) is 8.08. The standard InChI is InChI=1S/C26H18BClN4O3S2/c1-31(18-11-13-29-14-12-18)26(33)21-16-23(32(30-21)22-8-3-2-7-20(22)28)25-10-9-24(36-25)17-5-4-6-19(15-17)37(27,34)35/h2-16H,1H3. The molecule has 11 heteroatoms. The maximum absolute atomic E-state index is 13.3. The van der Waals surface area contributed by atoms with Crippen LogP contribution in [0.25, 0.3) is 26.7 Å². The average molecular weight is 545 g/mol. The molecule has 182 valence electrons. The summed E-state index contributed by atoms with van der Waals surface area (Å²) in [5.74, 6) is -0.295. The Bertz CT molecular complexity index is 1720. The third-order valence-corrected chi connectivity index (χ3v) is 8.06. The second kappa shape index (κ2) is 9.97. The molecule has 5 aromatic rings. The summed E-state index contributed by atoms with van der Waals surface area (Å²) >= 11 is 7.93. The van der Waals surface area contributed by atoms with Gasteiger partial charge in [-0.25, -0.2) is 13.1 Å². The number of benzene rings is 2. The summed E-state index contributed by atoms with van der Waals surface area (Å²) in [4.78, 5) is 20.5. The first-order chi connectivity index (χ1) is 17.7. The van der Waals surface area contributed by atoms with Crippen LogP contribution in [0.15, 0.2) is 96.2 Å². The van der Waals surface area contributed by atoms with Gasteiger partial charge in [-0.1, -0.05) is 35.9 Å². The number of carbonyl (C=O) groups is 1. The van der Waals surface area contributed by atoms with Crippen molar-refractivity contribution in [2.45, 2.75) is 4.90 Å². The maximum atomic E-state index is 13.3. The van der Waals surface area contributed by atoms with Crippen molar-refractivity contribution in [1.82, 2.24) is 14.8 Å². The van der Waals surface area contributed by atoms with Crippen LogP contribution in [0.3, 0.4) is 0 Å². The largest absolute Gasteiger partial charge is 0.310 e. The first kappa shape index (κ1) is 24.9. The molecule has 5 rings (SSSR count). The summed E-state index contributed by atoms with van der Waals surface area (Å²) in [5, 5.41) is 5.11. The van der Waals surface area contributed by atoms with Crippen molar-refractivity contribution in [3.63, 3.8) is 0 Å². The van der Waals surface area contributed by atoms with E-state index in [1.807, 2.05) is 36.4 Å². The van der Waals surface area contributed by atoms with E-state index in [4.69, 9.17) is 18.7 Å². The van der Waals surface area contributed by atoms with Crippen molar-refractivity contribution < 1.29 is 13.2 Å². The number of rotatable bonds is 6. The van der Waals surface area contributed by atoms with Gasteiger partial charge in [-0.15, -0.1) is 11.3 Å². The Morgan fingerprint density at radius 2 is 1.70 bits per heavy atom. The van der Waals surface area contributed by atoms with Crippen LogP contribution in [0.2, 0.25) is 5.02 Å². The fourth-order valence-corrected chi connectivity index (χ4v) is 5.56. The topological polar surface area (TPSA) is 85.2 Å². The average Bonchev–Trinajstić information content (AvgIpc) is 3.56. The number of nitrogens with zero attached hydrogens (tertiary/aromatic N) is 4. The minimum atomic E-state index is -3.83. The van der Waals surface area contributed by atoms with Crippen LogP contribution in [0.1, 0.15) is 10.5 Å². The summed E-state index contributed by atoms with van der Waals surface area (Å²) in [6.07, 6.45) is 3.23. The number of carbonyl (C=O) groups excluding carboxylic acids is 1. The Kier molecular flexibility index (Phi) is 6.72. The van der Waals surface area contributed by atoms with Crippen molar-refractivity contribution in [1.29, 1.82) is 0 Å². The number of amides is 1. The van der Waals surface area contributed by atoms with Gasteiger partial charge in [0.05, 0.1) is 26.2 Å². The van der Waals surface area contributed by atoms with Gasteiger partial charge in [0, 0.05) is 30.0 Å². The van der Waals surface area contributed by atoms with Gasteiger partial charge >= 0.3 is 0 Å². The van der Waals surface area contributed by atoms with E-state index in [1.165, 1.54) is 28.4 Å². The van der Waals surface area contributed by atoms with E-state index >= 15 is 0 Å². The lowest BCUT2D eigenvalue weighted by atomic mass is 10.2. The van der Waals surface area contributed by atoms with E-state index in [-0.39, 0.29) is 16.5 Å². The van der Waals surface area contributed by atoms with Crippen LogP contribution in [0.5, 0.6) is 0 Å². The minimum Gasteiger partial charge on any atom is -0.310 e. The van der Waals surface area contributed by atoms with Crippen LogP contribution in [0.4, 0.5) is 5.69 Å². The van der Waals surface area contributed by atoms with E-state index in [0.717, 1.165) is 9.75 Å². The normalized spacial score (nSPS) is 11.4. The van der Waals surface area contributed by atoms with Gasteiger partial charge < -0.3 is 4.90 Å². The lowest BCUT2D eigenvalue weighted by Crippen LogP contribution is -2.26. The molecule has 0 fully saturated rings. The Morgan fingerprint density at radius 3 is 2.43 bits per heavy atom. The molecule has 0 N–H and O–H groups in total.